The molecule has 8 heteroatoms. The van der Waals surface area contributed by atoms with Crippen LogP contribution in [0.25, 0.3) is 11.1 Å². The highest BCUT2D eigenvalue weighted by Gasteiger charge is 2.28. The third-order valence-electron chi connectivity index (χ3n) is 5.75. The van der Waals surface area contributed by atoms with Crippen molar-refractivity contribution in [2.45, 2.75) is 25.2 Å². The van der Waals surface area contributed by atoms with Crippen LogP contribution in [0.2, 0.25) is 0 Å². The van der Waals surface area contributed by atoms with Gasteiger partial charge >= 0.3 is 0 Å². The molecule has 164 valence electrons. The monoisotopic (exact) mass is 433 g/mol. The molecule has 0 bridgehead atoms. The quantitative estimate of drug-likeness (QED) is 0.642. The molecule has 2 amide bonds. The minimum atomic E-state index is -0.493. The van der Waals surface area contributed by atoms with Crippen LogP contribution in [0.3, 0.4) is 0 Å². The lowest BCUT2D eigenvalue weighted by Gasteiger charge is -2.33. The van der Waals surface area contributed by atoms with Gasteiger partial charge in [-0.15, -0.1) is 0 Å². The minimum Gasteiger partial charge on any atom is -0.368 e. The van der Waals surface area contributed by atoms with E-state index < -0.39 is 5.91 Å². The van der Waals surface area contributed by atoms with Crippen LogP contribution in [0.15, 0.2) is 54.7 Å². The maximum atomic E-state index is 13.1. The van der Waals surface area contributed by atoms with Crippen molar-refractivity contribution in [2.75, 3.05) is 18.8 Å². The average molecular weight is 433 g/mol. The molecule has 0 saturated carbocycles. The average Bonchev–Trinajstić information content (AvgIpc) is 2.80. The Morgan fingerprint density at radius 2 is 1.81 bits per heavy atom. The predicted octanol–water partition coefficient (Wildman–Crippen LogP) is 2.91. The largest absolute Gasteiger partial charge is 0.368 e. The van der Waals surface area contributed by atoms with Crippen LogP contribution >= 0.6 is 0 Å². The van der Waals surface area contributed by atoms with E-state index in [0.717, 1.165) is 35.2 Å². The molecule has 7 nitrogen and oxygen atoms in total. The molecule has 4 N–H and O–H groups in total. The second-order valence-electron chi connectivity index (χ2n) is 7.95. The third-order valence-corrected chi connectivity index (χ3v) is 5.75. The number of nitrogens with zero attached hydrogens (tertiary/aromatic N) is 3. The van der Waals surface area contributed by atoms with Crippen LogP contribution in [0.4, 0.5) is 10.3 Å². The van der Waals surface area contributed by atoms with Gasteiger partial charge in [0.15, 0.2) is 0 Å². The number of halogens is 1. The van der Waals surface area contributed by atoms with E-state index >= 15 is 0 Å². The van der Waals surface area contributed by atoms with Crippen molar-refractivity contribution in [3.05, 3.63) is 77.4 Å². The SMILES string of the molecule is NC(=O)c1ccc(-c2cnc(N)nc2C2CCCN(C(=O)Cc3ccc(F)cc3)C2)cc1. The van der Waals surface area contributed by atoms with Gasteiger partial charge in [0, 0.05) is 36.3 Å². The molecule has 1 unspecified atom stereocenters. The van der Waals surface area contributed by atoms with E-state index in [1.54, 1.807) is 42.6 Å². The van der Waals surface area contributed by atoms with Crippen LogP contribution < -0.4 is 11.5 Å². The first kappa shape index (κ1) is 21.4. The number of nitrogen functional groups attached to an aromatic ring is 1. The molecule has 1 aliphatic rings. The number of anilines is 1. The number of aromatic nitrogens is 2. The van der Waals surface area contributed by atoms with Crippen LogP contribution in [-0.2, 0) is 11.2 Å². The number of likely N-dealkylation sites (tertiary alicyclic amines) is 1. The zero-order chi connectivity index (χ0) is 22.7. The summed E-state index contributed by atoms with van der Waals surface area (Å²) in [5.41, 5.74) is 14.9. The summed E-state index contributed by atoms with van der Waals surface area (Å²) in [6, 6.07) is 12.9. The smallest absolute Gasteiger partial charge is 0.248 e. The number of nitrogens with two attached hydrogens (primary N) is 2. The molecule has 2 heterocycles. The highest BCUT2D eigenvalue weighted by atomic mass is 19.1. The third kappa shape index (κ3) is 4.74. The highest BCUT2D eigenvalue weighted by molar-refractivity contribution is 5.93. The molecule has 32 heavy (non-hydrogen) atoms. The van der Waals surface area contributed by atoms with E-state index in [1.807, 2.05) is 4.90 Å². The van der Waals surface area contributed by atoms with Gasteiger partial charge in [-0.1, -0.05) is 24.3 Å². The fraction of sp³-hybridized carbons (Fsp3) is 0.250. The summed E-state index contributed by atoms with van der Waals surface area (Å²) in [6.45, 7) is 1.18. The molecule has 1 aromatic heterocycles. The highest BCUT2D eigenvalue weighted by Crippen LogP contribution is 2.33. The van der Waals surface area contributed by atoms with Crippen molar-refractivity contribution in [3.63, 3.8) is 0 Å². The minimum absolute atomic E-state index is 0.00275. The van der Waals surface area contributed by atoms with Gasteiger partial charge in [-0.05, 0) is 48.2 Å². The molecule has 4 rings (SSSR count). The lowest BCUT2D eigenvalue weighted by atomic mass is 9.89. The van der Waals surface area contributed by atoms with E-state index in [4.69, 9.17) is 11.5 Å². The van der Waals surface area contributed by atoms with Gasteiger partial charge < -0.3 is 16.4 Å². The Kier molecular flexibility index (Phi) is 6.11. The van der Waals surface area contributed by atoms with Gasteiger partial charge in [0.1, 0.15) is 5.82 Å². The standard InChI is InChI=1S/C24H24FN5O2/c25-19-9-3-15(4-10-19)12-21(31)30-11-1-2-18(14-30)22-20(13-28-24(27)29-22)16-5-7-17(8-6-16)23(26)32/h3-10,13,18H,1-2,11-12,14H2,(H2,26,32)(H2,27,28,29). The van der Waals surface area contributed by atoms with Crippen molar-refractivity contribution >= 4 is 17.8 Å². The lowest BCUT2D eigenvalue weighted by Crippen LogP contribution is -2.40. The van der Waals surface area contributed by atoms with Gasteiger partial charge in [-0.25, -0.2) is 14.4 Å². The normalized spacial score (nSPS) is 16.0. The van der Waals surface area contributed by atoms with Crippen molar-refractivity contribution in [1.29, 1.82) is 0 Å². The fourth-order valence-corrected chi connectivity index (χ4v) is 4.07. The number of rotatable bonds is 5. The Hall–Kier alpha value is -3.81. The zero-order valence-corrected chi connectivity index (χ0v) is 17.5. The van der Waals surface area contributed by atoms with Gasteiger partial charge in [-0.2, -0.15) is 0 Å². The summed E-state index contributed by atoms with van der Waals surface area (Å²) in [4.78, 5) is 34.8. The van der Waals surface area contributed by atoms with Crippen molar-refractivity contribution in [3.8, 4) is 11.1 Å². The maximum Gasteiger partial charge on any atom is 0.248 e. The van der Waals surface area contributed by atoms with Crippen LogP contribution in [0, 0.1) is 5.82 Å². The fourth-order valence-electron chi connectivity index (χ4n) is 4.07. The Morgan fingerprint density at radius 3 is 2.50 bits per heavy atom. The molecular formula is C24H24FN5O2. The van der Waals surface area contributed by atoms with Gasteiger partial charge in [-0.3, -0.25) is 9.59 Å². The second kappa shape index (κ2) is 9.13. The Labute approximate surface area is 185 Å². The number of primary amides is 1. The summed E-state index contributed by atoms with van der Waals surface area (Å²) < 4.78 is 13.1. The number of hydrogen-bond donors (Lipinski definition) is 2. The summed E-state index contributed by atoms with van der Waals surface area (Å²) in [6.07, 6.45) is 3.60. The molecule has 0 aliphatic carbocycles. The van der Waals surface area contributed by atoms with Crippen molar-refractivity contribution in [2.24, 2.45) is 5.73 Å². The maximum absolute atomic E-state index is 13.1. The van der Waals surface area contributed by atoms with Crippen LogP contribution in [0.1, 0.15) is 40.4 Å². The Morgan fingerprint density at radius 1 is 1.09 bits per heavy atom. The number of benzene rings is 2. The lowest BCUT2D eigenvalue weighted by molar-refractivity contribution is -0.131. The summed E-state index contributed by atoms with van der Waals surface area (Å²) in [7, 11) is 0. The molecule has 1 aliphatic heterocycles. The van der Waals surface area contributed by atoms with Gasteiger partial charge in [0.2, 0.25) is 17.8 Å². The van der Waals surface area contributed by atoms with E-state index in [-0.39, 0.29) is 30.0 Å². The first-order valence-corrected chi connectivity index (χ1v) is 10.5. The first-order valence-electron chi connectivity index (χ1n) is 10.5. The van der Waals surface area contributed by atoms with Gasteiger partial charge in [0.25, 0.3) is 0 Å². The second-order valence-corrected chi connectivity index (χ2v) is 7.95. The summed E-state index contributed by atoms with van der Waals surface area (Å²) in [5.74, 6) is -0.648. The molecule has 1 atom stereocenters. The predicted molar refractivity (Wildman–Crippen MR) is 119 cm³/mol. The number of piperidine rings is 1. The molecule has 0 radical (unpaired) electrons. The summed E-state index contributed by atoms with van der Waals surface area (Å²) in [5, 5.41) is 0. The van der Waals surface area contributed by atoms with Gasteiger partial charge in [0.05, 0.1) is 12.1 Å². The van der Waals surface area contributed by atoms with Crippen LogP contribution in [0.5, 0.6) is 0 Å². The van der Waals surface area contributed by atoms with E-state index in [1.165, 1.54) is 12.1 Å². The van der Waals surface area contributed by atoms with Crippen molar-refractivity contribution in [1.82, 2.24) is 14.9 Å². The topological polar surface area (TPSA) is 115 Å². The molecule has 2 aromatic carbocycles. The van der Waals surface area contributed by atoms with Crippen molar-refractivity contribution < 1.29 is 14.0 Å². The molecule has 0 spiro atoms. The van der Waals surface area contributed by atoms with E-state index in [9.17, 15) is 14.0 Å². The molecule has 1 fully saturated rings. The molecular weight excluding hydrogens is 409 g/mol. The number of amides is 2. The number of carbonyl (C=O) groups excluding carboxylic acids is 2. The Bertz CT molecular complexity index is 1130. The van der Waals surface area contributed by atoms with Crippen LogP contribution in [-0.4, -0.2) is 39.8 Å². The number of hydrogen-bond acceptors (Lipinski definition) is 5. The first-order chi connectivity index (χ1) is 15.4. The zero-order valence-electron chi connectivity index (χ0n) is 17.5. The summed E-state index contributed by atoms with van der Waals surface area (Å²) >= 11 is 0. The molecule has 1 saturated heterocycles. The number of carbonyl (C=O) groups is 2. The van der Waals surface area contributed by atoms with E-state index in [0.29, 0.717) is 18.7 Å². The Balaban J connectivity index is 1.56. The molecule has 3 aromatic rings. The van der Waals surface area contributed by atoms with E-state index in [2.05, 4.69) is 9.97 Å².